The summed E-state index contributed by atoms with van der Waals surface area (Å²) in [4.78, 5) is 13.9. The van der Waals surface area contributed by atoms with E-state index in [2.05, 4.69) is 5.32 Å². The summed E-state index contributed by atoms with van der Waals surface area (Å²) in [5, 5.41) is 22.2. The zero-order chi connectivity index (χ0) is 12.7. The van der Waals surface area contributed by atoms with Crippen LogP contribution >= 0.6 is 0 Å². The fourth-order valence-corrected chi connectivity index (χ4v) is 2.67. The molecule has 5 nitrogen and oxygen atoms in total. The van der Waals surface area contributed by atoms with Gasteiger partial charge in [-0.05, 0) is 11.6 Å². The molecule has 3 N–H and O–H groups in total. The first-order valence-corrected chi connectivity index (χ1v) is 6.14. The van der Waals surface area contributed by atoms with Crippen LogP contribution in [0.4, 0.5) is 5.69 Å². The van der Waals surface area contributed by atoms with E-state index in [1.165, 1.54) is 0 Å². The summed E-state index contributed by atoms with van der Waals surface area (Å²) in [6.45, 7) is 1.03. The normalized spacial score (nSPS) is 30.1. The number of aliphatic hydroxyl groups is 2. The molecule has 96 valence electrons. The van der Waals surface area contributed by atoms with Crippen molar-refractivity contribution >= 4 is 11.6 Å². The Hall–Kier alpha value is -1.59. The molecule has 0 aliphatic carbocycles. The Morgan fingerprint density at radius 1 is 1.22 bits per heavy atom. The number of amides is 1. The molecule has 0 saturated carbocycles. The molecular formula is C13H16N2O3. The average molecular weight is 248 g/mol. The number of rotatable bonds is 1. The lowest BCUT2D eigenvalue weighted by Gasteiger charge is -2.19. The second-order valence-electron chi connectivity index (χ2n) is 4.90. The molecule has 0 radical (unpaired) electrons. The number of benzene rings is 1. The number of nitrogens with zero attached hydrogens (tertiary/aromatic N) is 1. The van der Waals surface area contributed by atoms with Gasteiger partial charge in [-0.25, -0.2) is 0 Å². The third-order valence-corrected chi connectivity index (χ3v) is 3.70. The third kappa shape index (κ3) is 1.76. The van der Waals surface area contributed by atoms with E-state index in [4.69, 9.17) is 0 Å². The zero-order valence-electron chi connectivity index (χ0n) is 9.91. The average Bonchev–Trinajstić information content (AvgIpc) is 2.93. The number of carbonyl (C=O) groups is 1. The smallest absolute Gasteiger partial charge is 0.232 e. The summed E-state index contributed by atoms with van der Waals surface area (Å²) < 4.78 is 0. The van der Waals surface area contributed by atoms with Gasteiger partial charge in [-0.3, -0.25) is 4.79 Å². The molecule has 1 saturated heterocycles. The van der Waals surface area contributed by atoms with Gasteiger partial charge in [0.25, 0.3) is 0 Å². The van der Waals surface area contributed by atoms with Crippen LogP contribution in [-0.4, -0.2) is 52.9 Å². The lowest BCUT2D eigenvalue weighted by Crippen LogP contribution is -2.35. The Morgan fingerprint density at radius 2 is 1.89 bits per heavy atom. The van der Waals surface area contributed by atoms with Crippen LogP contribution in [0.15, 0.2) is 24.3 Å². The number of nitrogens with one attached hydrogen (secondary N) is 1. The van der Waals surface area contributed by atoms with Crippen molar-refractivity contribution in [3.05, 3.63) is 29.8 Å². The van der Waals surface area contributed by atoms with Crippen molar-refractivity contribution in [1.29, 1.82) is 0 Å². The highest BCUT2D eigenvalue weighted by atomic mass is 16.3. The Labute approximate surface area is 105 Å². The molecule has 3 rings (SSSR count). The van der Waals surface area contributed by atoms with Gasteiger partial charge in [0.15, 0.2) is 0 Å². The summed E-state index contributed by atoms with van der Waals surface area (Å²) in [5.74, 6) is -0.234. The number of anilines is 1. The van der Waals surface area contributed by atoms with Crippen molar-refractivity contribution in [3.63, 3.8) is 0 Å². The predicted molar refractivity (Wildman–Crippen MR) is 66.3 cm³/mol. The number of likely N-dealkylation sites (tertiary alicyclic amines) is 1. The van der Waals surface area contributed by atoms with Gasteiger partial charge in [0.2, 0.25) is 5.91 Å². The Kier molecular flexibility index (Phi) is 2.72. The largest absolute Gasteiger partial charge is 0.388 e. The van der Waals surface area contributed by atoms with Gasteiger partial charge in [0.05, 0.1) is 18.1 Å². The van der Waals surface area contributed by atoms with E-state index in [1.54, 1.807) is 4.90 Å². The molecule has 1 aromatic carbocycles. The van der Waals surface area contributed by atoms with Gasteiger partial charge in [0.1, 0.15) is 0 Å². The minimum Gasteiger partial charge on any atom is -0.388 e. The predicted octanol–water partition coefficient (Wildman–Crippen LogP) is -0.240. The van der Waals surface area contributed by atoms with Crippen LogP contribution in [0.5, 0.6) is 0 Å². The first-order chi connectivity index (χ1) is 8.66. The van der Waals surface area contributed by atoms with Crippen LogP contribution in [-0.2, 0) is 4.79 Å². The van der Waals surface area contributed by atoms with Gasteiger partial charge >= 0.3 is 0 Å². The number of carbonyl (C=O) groups excluding carboxylic acids is 1. The van der Waals surface area contributed by atoms with Crippen molar-refractivity contribution in [2.45, 2.75) is 18.1 Å². The van der Waals surface area contributed by atoms with E-state index >= 15 is 0 Å². The van der Waals surface area contributed by atoms with Crippen LogP contribution in [0.25, 0.3) is 0 Å². The van der Waals surface area contributed by atoms with Crippen LogP contribution in [0.2, 0.25) is 0 Å². The number of hydrogen-bond acceptors (Lipinski definition) is 4. The number of hydrogen-bond donors (Lipinski definition) is 3. The van der Waals surface area contributed by atoms with E-state index in [-0.39, 0.29) is 24.9 Å². The Bertz CT molecular complexity index is 467. The highest BCUT2D eigenvalue weighted by Crippen LogP contribution is 2.33. The molecular weight excluding hydrogens is 232 g/mol. The van der Waals surface area contributed by atoms with Gasteiger partial charge in [0, 0.05) is 25.3 Å². The molecule has 1 amide bonds. The van der Waals surface area contributed by atoms with Gasteiger partial charge in [-0.2, -0.15) is 0 Å². The third-order valence-electron chi connectivity index (χ3n) is 3.70. The van der Waals surface area contributed by atoms with Crippen molar-refractivity contribution in [1.82, 2.24) is 4.90 Å². The van der Waals surface area contributed by atoms with E-state index in [0.29, 0.717) is 6.54 Å². The quantitative estimate of drug-likeness (QED) is 0.641. The molecule has 0 aromatic heterocycles. The molecule has 3 unspecified atom stereocenters. The van der Waals surface area contributed by atoms with Gasteiger partial charge in [-0.1, -0.05) is 18.2 Å². The van der Waals surface area contributed by atoms with E-state index < -0.39 is 12.2 Å². The standard InChI is InChI=1S/C13H16N2O3/c16-11-6-15(7-12(11)17)13(18)9-5-14-10-4-2-1-3-8(9)10/h1-4,9,11-12,14,16-17H,5-7H2. The SMILES string of the molecule is O=C(C1CNc2ccccc21)N1CC(O)C(O)C1. The van der Waals surface area contributed by atoms with Crippen molar-refractivity contribution in [2.24, 2.45) is 0 Å². The fourth-order valence-electron chi connectivity index (χ4n) is 2.67. The molecule has 1 aromatic rings. The lowest BCUT2D eigenvalue weighted by atomic mass is 10.00. The first-order valence-electron chi connectivity index (χ1n) is 6.14. The summed E-state index contributed by atoms with van der Waals surface area (Å²) >= 11 is 0. The fraction of sp³-hybridized carbons (Fsp3) is 0.462. The van der Waals surface area contributed by atoms with Crippen molar-refractivity contribution < 1.29 is 15.0 Å². The minimum atomic E-state index is -0.821. The van der Waals surface area contributed by atoms with Crippen molar-refractivity contribution in [2.75, 3.05) is 25.0 Å². The molecule has 1 fully saturated rings. The second-order valence-corrected chi connectivity index (χ2v) is 4.90. The van der Waals surface area contributed by atoms with Crippen LogP contribution in [0.1, 0.15) is 11.5 Å². The monoisotopic (exact) mass is 248 g/mol. The Balaban J connectivity index is 1.79. The zero-order valence-corrected chi connectivity index (χ0v) is 9.91. The minimum absolute atomic E-state index is 0.0250. The lowest BCUT2D eigenvalue weighted by molar-refractivity contribution is -0.131. The summed E-state index contributed by atoms with van der Waals surface area (Å²) in [7, 11) is 0. The number of β-amino-alcohol motifs (C(OH)–C–C–N with tert-alkyl or cyclic N) is 2. The molecule has 0 spiro atoms. The van der Waals surface area contributed by atoms with Crippen LogP contribution < -0.4 is 5.32 Å². The topological polar surface area (TPSA) is 72.8 Å². The molecule has 0 bridgehead atoms. The molecule has 2 aliphatic rings. The van der Waals surface area contributed by atoms with E-state index in [1.807, 2.05) is 24.3 Å². The second kappa shape index (κ2) is 4.26. The number of para-hydroxylation sites is 1. The van der Waals surface area contributed by atoms with Crippen molar-refractivity contribution in [3.8, 4) is 0 Å². The molecule has 3 atom stereocenters. The summed E-state index contributed by atoms with van der Waals surface area (Å²) in [6, 6.07) is 7.75. The highest BCUT2D eigenvalue weighted by Gasteiger charge is 2.38. The summed E-state index contributed by atoms with van der Waals surface area (Å²) in [6.07, 6.45) is -1.64. The van der Waals surface area contributed by atoms with Crippen LogP contribution in [0.3, 0.4) is 0 Å². The molecule has 2 heterocycles. The van der Waals surface area contributed by atoms with E-state index in [0.717, 1.165) is 11.3 Å². The molecule has 2 aliphatic heterocycles. The Morgan fingerprint density at radius 3 is 2.61 bits per heavy atom. The maximum atomic E-state index is 12.4. The highest BCUT2D eigenvalue weighted by molar-refractivity contribution is 5.88. The first kappa shape index (κ1) is 11.5. The van der Waals surface area contributed by atoms with Gasteiger partial charge in [-0.15, -0.1) is 0 Å². The maximum Gasteiger partial charge on any atom is 0.232 e. The molecule has 5 heteroatoms. The van der Waals surface area contributed by atoms with Crippen LogP contribution in [0, 0.1) is 0 Å². The van der Waals surface area contributed by atoms with E-state index in [9.17, 15) is 15.0 Å². The van der Waals surface area contributed by atoms with Gasteiger partial charge < -0.3 is 20.4 Å². The number of aliphatic hydroxyl groups excluding tert-OH is 2. The maximum absolute atomic E-state index is 12.4. The molecule has 18 heavy (non-hydrogen) atoms. The summed E-state index contributed by atoms with van der Waals surface area (Å²) in [5.41, 5.74) is 1.99. The number of fused-ring (bicyclic) bond motifs is 1.